The fraction of sp³-hybridized carbons (Fsp3) is 0.727. The maximum absolute atomic E-state index is 11.9. The predicted molar refractivity (Wildman–Crippen MR) is 58.1 cm³/mol. The van der Waals surface area contributed by atoms with Gasteiger partial charge in [0.2, 0.25) is 11.8 Å². The molecule has 2 fully saturated rings. The summed E-state index contributed by atoms with van der Waals surface area (Å²) >= 11 is 0. The lowest BCUT2D eigenvalue weighted by atomic mass is 9.97. The van der Waals surface area contributed by atoms with Gasteiger partial charge in [-0.1, -0.05) is 6.92 Å². The molecule has 0 aromatic rings. The number of carboxylic acids is 1. The zero-order valence-corrected chi connectivity index (χ0v) is 9.76. The van der Waals surface area contributed by atoms with Crippen molar-refractivity contribution in [2.24, 2.45) is 5.92 Å². The molecule has 0 spiro atoms. The minimum absolute atomic E-state index is 0.138. The standard InChI is InChI=1S/C11H16N2O4/c1-2-3-13-9(14)4-8(10(13)15)12-5-7(6-12)11(16)17/h7-8H,2-6H2,1H3,(H,16,17). The number of imide groups is 1. The lowest BCUT2D eigenvalue weighted by molar-refractivity contribution is -0.151. The third kappa shape index (κ3) is 2.04. The molecule has 2 aliphatic heterocycles. The lowest BCUT2D eigenvalue weighted by Gasteiger charge is -2.39. The van der Waals surface area contributed by atoms with Crippen LogP contribution in [0.25, 0.3) is 0 Å². The Morgan fingerprint density at radius 3 is 2.59 bits per heavy atom. The molecule has 0 aromatic carbocycles. The summed E-state index contributed by atoms with van der Waals surface area (Å²) in [5.41, 5.74) is 0. The van der Waals surface area contributed by atoms with E-state index in [-0.39, 0.29) is 18.2 Å². The van der Waals surface area contributed by atoms with Crippen LogP contribution < -0.4 is 0 Å². The molecule has 6 heteroatoms. The highest BCUT2D eigenvalue weighted by Crippen LogP contribution is 2.26. The number of aliphatic carboxylic acids is 1. The van der Waals surface area contributed by atoms with Gasteiger partial charge >= 0.3 is 5.97 Å². The number of nitrogens with zero attached hydrogens (tertiary/aromatic N) is 2. The normalized spacial score (nSPS) is 26.4. The number of carboxylic acid groups (broad SMARTS) is 1. The number of hydrogen-bond donors (Lipinski definition) is 1. The number of carbonyl (C=O) groups excluding carboxylic acids is 2. The molecule has 6 nitrogen and oxygen atoms in total. The molecule has 1 atom stereocenters. The summed E-state index contributed by atoms with van der Waals surface area (Å²) in [6.07, 6.45) is 0.952. The second kappa shape index (κ2) is 4.44. The predicted octanol–water partition coefficient (Wildman–Crippen LogP) is -0.460. The van der Waals surface area contributed by atoms with Gasteiger partial charge in [-0.15, -0.1) is 0 Å². The van der Waals surface area contributed by atoms with E-state index >= 15 is 0 Å². The van der Waals surface area contributed by atoms with E-state index in [0.29, 0.717) is 19.6 Å². The average Bonchev–Trinajstić information content (AvgIpc) is 2.44. The van der Waals surface area contributed by atoms with E-state index in [9.17, 15) is 14.4 Å². The molecule has 0 saturated carbocycles. The quantitative estimate of drug-likeness (QED) is 0.673. The Labute approximate surface area is 99.2 Å². The summed E-state index contributed by atoms with van der Waals surface area (Å²) < 4.78 is 0. The number of carbonyl (C=O) groups is 3. The summed E-state index contributed by atoms with van der Waals surface area (Å²) in [4.78, 5) is 37.3. The van der Waals surface area contributed by atoms with Gasteiger partial charge in [0, 0.05) is 19.6 Å². The Bertz CT molecular complexity index is 362. The van der Waals surface area contributed by atoms with Crippen molar-refractivity contribution in [3.8, 4) is 0 Å². The third-order valence-electron chi connectivity index (χ3n) is 3.37. The van der Waals surface area contributed by atoms with Gasteiger partial charge in [0.15, 0.2) is 0 Å². The van der Waals surface area contributed by atoms with Gasteiger partial charge < -0.3 is 5.11 Å². The molecular weight excluding hydrogens is 224 g/mol. The molecule has 0 aromatic heterocycles. The van der Waals surface area contributed by atoms with Gasteiger partial charge in [0.05, 0.1) is 18.4 Å². The average molecular weight is 240 g/mol. The van der Waals surface area contributed by atoms with Gasteiger partial charge in [-0.2, -0.15) is 0 Å². The van der Waals surface area contributed by atoms with E-state index in [0.717, 1.165) is 6.42 Å². The first-order valence-electron chi connectivity index (χ1n) is 5.85. The van der Waals surface area contributed by atoms with Crippen LogP contribution in [0.5, 0.6) is 0 Å². The van der Waals surface area contributed by atoms with Crippen molar-refractivity contribution < 1.29 is 19.5 Å². The van der Waals surface area contributed by atoms with Crippen LogP contribution in [0.1, 0.15) is 19.8 Å². The number of rotatable bonds is 4. The molecule has 0 radical (unpaired) electrons. The summed E-state index contributed by atoms with van der Waals surface area (Å²) in [6, 6.07) is -0.426. The monoisotopic (exact) mass is 240 g/mol. The zero-order valence-electron chi connectivity index (χ0n) is 9.76. The highest BCUT2D eigenvalue weighted by molar-refractivity contribution is 6.05. The largest absolute Gasteiger partial charge is 0.481 e. The fourth-order valence-corrected chi connectivity index (χ4v) is 2.33. The van der Waals surface area contributed by atoms with Crippen LogP contribution in [-0.4, -0.2) is 58.4 Å². The summed E-state index contributed by atoms with van der Waals surface area (Å²) in [5, 5.41) is 8.76. The van der Waals surface area contributed by atoms with Gasteiger partial charge in [0.1, 0.15) is 0 Å². The molecule has 1 unspecified atom stereocenters. The molecule has 2 rings (SSSR count). The molecule has 2 amide bonds. The van der Waals surface area contributed by atoms with Crippen molar-refractivity contribution >= 4 is 17.8 Å². The molecule has 94 valence electrons. The van der Waals surface area contributed by atoms with Crippen LogP contribution in [0.4, 0.5) is 0 Å². The van der Waals surface area contributed by atoms with Gasteiger partial charge in [-0.25, -0.2) is 0 Å². The number of hydrogen-bond acceptors (Lipinski definition) is 4. The van der Waals surface area contributed by atoms with Crippen molar-refractivity contribution in [3.63, 3.8) is 0 Å². The van der Waals surface area contributed by atoms with Crippen LogP contribution in [0.2, 0.25) is 0 Å². The summed E-state index contributed by atoms with van der Waals surface area (Å²) in [5.74, 6) is -1.53. The van der Waals surface area contributed by atoms with Crippen LogP contribution >= 0.6 is 0 Å². The van der Waals surface area contributed by atoms with Gasteiger partial charge in [0.25, 0.3) is 0 Å². The first kappa shape index (κ1) is 12.0. The topological polar surface area (TPSA) is 77.9 Å². The molecule has 0 aliphatic carbocycles. The Balaban J connectivity index is 1.94. The maximum Gasteiger partial charge on any atom is 0.309 e. The van der Waals surface area contributed by atoms with Crippen molar-refractivity contribution in [1.29, 1.82) is 0 Å². The van der Waals surface area contributed by atoms with E-state index in [1.165, 1.54) is 4.90 Å². The minimum atomic E-state index is -0.830. The molecule has 0 bridgehead atoms. The maximum atomic E-state index is 11.9. The van der Waals surface area contributed by atoms with Crippen molar-refractivity contribution in [2.75, 3.05) is 19.6 Å². The van der Waals surface area contributed by atoms with E-state index < -0.39 is 17.9 Å². The molecule has 1 N–H and O–H groups in total. The second-order valence-electron chi connectivity index (χ2n) is 4.59. The molecule has 2 heterocycles. The SMILES string of the molecule is CCCN1C(=O)CC(N2CC(C(=O)O)C2)C1=O. The summed E-state index contributed by atoms with van der Waals surface area (Å²) in [7, 11) is 0. The first-order valence-corrected chi connectivity index (χ1v) is 5.85. The van der Waals surface area contributed by atoms with Gasteiger partial charge in [-0.05, 0) is 6.42 Å². The van der Waals surface area contributed by atoms with Crippen molar-refractivity contribution in [1.82, 2.24) is 9.80 Å². The smallest absolute Gasteiger partial charge is 0.309 e. The van der Waals surface area contributed by atoms with Crippen LogP contribution in [0.15, 0.2) is 0 Å². The van der Waals surface area contributed by atoms with Crippen molar-refractivity contribution in [2.45, 2.75) is 25.8 Å². The Morgan fingerprint density at radius 1 is 1.41 bits per heavy atom. The van der Waals surface area contributed by atoms with E-state index in [1.807, 2.05) is 6.92 Å². The highest BCUT2D eigenvalue weighted by atomic mass is 16.4. The van der Waals surface area contributed by atoms with E-state index in [2.05, 4.69) is 0 Å². The first-order chi connectivity index (χ1) is 8.04. The number of amides is 2. The van der Waals surface area contributed by atoms with Crippen LogP contribution in [0, 0.1) is 5.92 Å². The van der Waals surface area contributed by atoms with Crippen molar-refractivity contribution in [3.05, 3.63) is 0 Å². The molecule has 17 heavy (non-hydrogen) atoms. The fourth-order valence-electron chi connectivity index (χ4n) is 2.33. The molecular formula is C11H16N2O4. The minimum Gasteiger partial charge on any atom is -0.481 e. The Hall–Kier alpha value is -1.43. The van der Waals surface area contributed by atoms with E-state index in [4.69, 9.17) is 5.11 Å². The van der Waals surface area contributed by atoms with E-state index in [1.54, 1.807) is 4.90 Å². The molecule has 2 saturated heterocycles. The Kier molecular flexibility index (Phi) is 3.15. The third-order valence-corrected chi connectivity index (χ3v) is 3.37. The summed E-state index contributed by atoms with van der Waals surface area (Å²) in [6.45, 7) is 3.13. The molecule has 2 aliphatic rings. The van der Waals surface area contributed by atoms with Crippen LogP contribution in [0.3, 0.4) is 0 Å². The highest BCUT2D eigenvalue weighted by Gasteiger charge is 2.46. The van der Waals surface area contributed by atoms with Crippen LogP contribution in [-0.2, 0) is 14.4 Å². The lowest BCUT2D eigenvalue weighted by Crippen LogP contribution is -2.56. The second-order valence-corrected chi connectivity index (χ2v) is 4.59. The number of likely N-dealkylation sites (tertiary alicyclic amines) is 2. The Morgan fingerprint density at radius 2 is 2.06 bits per heavy atom. The zero-order chi connectivity index (χ0) is 12.6. The van der Waals surface area contributed by atoms with Gasteiger partial charge in [-0.3, -0.25) is 24.2 Å².